The Kier molecular flexibility index (Phi) is 5.59. The lowest BCUT2D eigenvalue weighted by Crippen LogP contribution is -2.57. The topological polar surface area (TPSA) is 49.3 Å². The maximum absolute atomic E-state index is 12.7. The zero-order valence-corrected chi connectivity index (χ0v) is 13.2. The van der Waals surface area contributed by atoms with Gasteiger partial charge in [0, 0.05) is 17.1 Å². The van der Waals surface area contributed by atoms with E-state index in [1.807, 2.05) is 0 Å². The van der Waals surface area contributed by atoms with Gasteiger partial charge in [-0.15, -0.1) is 11.8 Å². The molecule has 0 saturated heterocycles. The minimum absolute atomic E-state index is 0.105. The number of rotatable bonds is 6. The Bertz CT molecular complexity index is 452. The molecule has 0 atom stereocenters. The van der Waals surface area contributed by atoms with Crippen molar-refractivity contribution in [3.63, 3.8) is 0 Å². The van der Waals surface area contributed by atoms with E-state index in [4.69, 9.17) is 0 Å². The number of halogens is 1. The van der Waals surface area contributed by atoms with Crippen LogP contribution in [0.2, 0.25) is 0 Å². The van der Waals surface area contributed by atoms with Crippen LogP contribution in [0.4, 0.5) is 4.39 Å². The molecule has 5 heteroatoms. The summed E-state index contributed by atoms with van der Waals surface area (Å²) in [6.07, 6.45) is 0.349. The molecule has 0 fully saturated rings. The van der Waals surface area contributed by atoms with Crippen molar-refractivity contribution in [2.75, 3.05) is 5.75 Å². The van der Waals surface area contributed by atoms with E-state index in [1.54, 1.807) is 39.8 Å². The smallest absolute Gasteiger partial charge is 0.221 e. The zero-order chi connectivity index (χ0) is 15.4. The molecule has 0 radical (unpaired) electrons. The second-order valence-electron chi connectivity index (χ2n) is 5.78. The van der Waals surface area contributed by atoms with Gasteiger partial charge >= 0.3 is 0 Å². The van der Waals surface area contributed by atoms with Crippen LogP contribution in [0.3, 0.4) is 0 Å². The first-order chi connectivity index (χ1) is 9.12. The van der Waals surface area contributed by atoms with Crippen LogP contribution in [-0.4, -0.2) is 27.9 Å². The van der Waals surface area contributed by atoms with Crippen molar-refractivity contribution in [1.29, 1.82) is 0 Å². The third kappa shape index (κ3) is 5.13. The number of nitrogens with one attached hydrogen (secondary N) is 1. The highest BCUT2D eigenvalue weighted by atomic mass is 32.2. The van der Waals surface area contributed by atoms with Crippen molar-refractivity contribution in [3.05, 3.63) is 30.1 Å². The monoisotopic (exact) mass is 299 g/mol. The largest absolute Gasteiger partial charge is 0.388 e. The average Bonchev–Trinajstić information content (AvgIpc) is 2.29. The Balaban J connectivity index is 2.39. The Morgan fingerprint density at radius 2 is 1.80 bits per heavy atom. The van der Waals surface area contributed by atoms with Crippen LogP contribution in [0.5, 0.6) is 0 Å². The van der Waals surface area contributed by atoms with Gasteiger partial charge in [0.25, 0.3) is 0 Å². The molecule has 0 unspecified atom stereocenters. The maximum atomic E-state index is 12.7. The molecule has 112 valence electrons. The van der Waals surface area contributed by atoms with Crippen LogP contribution < -0.4 is 5.32 Å². The normalized spacial score (nSPS) is 12.3. The van der Waals surface area contributed by atoms with E-state index in [2.05, 4.69) is 5.32 Å². The summed E-state index contributed by atoms with van der Waals surface area (Å²) in [5, 5.41) is 12.8. The average molecular weight is 299 g/mol. The maximum Gasteiger partial charge on any atom is 0.221 e. The number of hydrogen-bond acceptors (Lipinski definition) is 3. The summed E-state index contributed by atoms with van der Waals surface area (Å²) in [6, 6.07) is 6.19. The van der Waals surface area contributed by atoms with E-state index in [0.29, 0.717) is 12.2 Å². The lowest BCUT2D eigenvalue weighted by molar-refractivity contribution is -0.125. The van der Waals surface area contributed by atoms with E-state index >= 15 is 0 Å². The molecule has 0 aliphatic heterocycles. The van der Waals surface area contributed by atoms with E-state index < -0.39 is 11.1 Å². The van der Waals surface area contributed by atoms with E-state index in [1.165, 1.54) is 23.9 Å². The molecular weight excluding hydrogens is 277 g/mol. The first-order valence-corrected chi connectivity index (χ1v) is 7.52. The predicted octanol–water partition coefficient (Wildman–Crippen LogP) is 2.97. The highest BCUT2D eigenvalue weighted by Gasteiger charge is 2.36. The molecule has 1 aromatic rings. The molecule has 3 nitrogen and oxygen atoms in total. The van der Waals surface area contributed by atoms with E-state index in [-0.39, 0.29) is 11.7 Å². The summed E-state index contributed by atoms with van der Waals surface area (Å²) in [5.41, 5.74) is -1.68. The van der Waals surface area contributed by atoms with Gasteiger partial charge in [0.05, 0.1) is 11.1 Å². The van der Waals surface area contributed by atoms with Gasteiger partial charge in [0.2, 0.25) is 5.91 Å². The van der Waals surface area contributed by atoms with Crippen molar-refractivity contribution < 1.29 is 14.3 Å². The molecule has 1 amide bonds. The van der Waals surface area contributed by atoms with Gasteiger partial charge in [-0.1, -0.05) is 0 Å². The highest BCUT2D eigenvalue weighted by molar-refractivity contribution is 7.99. The molecule has 1 aromatic carbocycles. The summed E-state index contributed by atoms with van der Waals surface area (Å²) in [4.78, 5) is 12.8. The molecule has 20 heavy (non-hydrogen) atoms. The van der Waals surface area contributed by atoms with Gasteiger partial charge < -0.3 is 10.4 Å². The summed E-state index contributed by atoms with van der Waals surface area (Å²) in [7, 11) is 0. The standard InChI is InChI=1S/C15H22FNO2S/c1-14(2,15(3,4)19)17-13(18)9-10-20-12-7-5-11(16)6-8-12/h5-8,19H,9-10H2,1-4H3,(H,17,18). The molecule has 0 aliphatic carbocycles. The van der Waals surface area contributed by atoms with Gasteiger partial charge in [0.1, 0.15) is 5.82 Å². The molecule has 0 spiro atoms. The lowest BCUT2D eigenvalue weighted by atomic mass is 9.86. The van der Waals surface area contributed by atoms with Gasteiger partial charge in [0.15, 0.2) is 0 Å². The lowest BCUT2D eigenvalue weighted by Gasteiger charge is -2.38. The molecule has 0 saturated carbocycles. The second-order valence-corrected chi connectivity index (χ2v) is 6.95. The van der Waals surface area contributed by atoms with Crippen LogP contribution >= 0.6 is 11.8 Å². The van der Waals surface area contributed by atoms with Crippen LogP contribution in [0, 0.1) is 5.82 Å². The number of thioether (sulfide) groups is 1. The van der Waals surface area contributed by atoms with Gasteiger partial charge in [-0.3, -0.25) is 4.79 Å². The first-order valence-electron chi connectivity index (χ1n) is 6.53. The quantitative estimate of drug-likeness (QED) is 0.794. The van der Waals surface area contributed by atoms with Crippen molar-refractivity contribution >= 4 is 17.7 Å². The minimum atomic E-state index is -0.993. The first kappa shape index (κ1) is 17.0. The molecule has 0 aromatic heterocycles. The number of aliphatic hydroxyl groups is 1. The van der Waals surface area contributed by atoms with E-state index in [9.17, 15) is 14.3 Å². The molecule has 0 aliphatic rings. The Morgan fingerprint density at radius 1 is 1.25 bits per heavy atom. The fourth-order valence-electron chi connectivity index (χ4n) is 1.36. The molecule has 0 heterocycles. The summed E-state index contributed by atoms with van der Waals surface area (Å²) in [6.45, 7) is 6.91. The molecular formula is C15H22FNO2S. The van der Waals surface area contributed by atoms with Crippen LogP contribution in [0.1, 0.15) is 34.1 Å². The van der Waals surface area contributed by atoms with Crippen molar-refractivity contribution in [2.24, 2.45) is 0 Å². The molecule has 1 rings (SSSR count). The summed E-state index contributed by atoms with van der Waals surface area (Å²) >= 11 is 1.50. The summed E-state index contributed by atoms with van der Waals surface area (Å²) in [5.74, 6) is 0.241. The minimum Gasteiger partial charge on any atom is -0.388 e. The van der Waals surface area contributed by atoms with Crippen molar-refractivity contribution in [2.45, 2.75) is 50.2 Å². The third-order valence-corrected chi connectivity index (χ3v) is 4.41. The second kappa shape index (κ2) is 6.59. The predicted molar refractivity (Wildman–Crippen MR) is 80.3 cm³/mol. The third-order valence-electron chi connectivity index (χ3n) is 3.39. The number of carbonyl (C=O) groups is 1. The van der Waals surface area contributed by atoms with Crippen LogP contribution in [0.25, 0.3) is 0 Å². The van der Waals surface area contributed by atoms with E-state index in [0.717, 1.165) is 4.90 Å². The molecule has 0 bridgehead atoms. The van der Waals surface area contributed by atoms with Crippen LogP contribution in [0.15, 0.2) is 29.2 Å². The molecule has 2 N–H and O–H groups in total. The van der Waals surface area contributed by atoms with Gasteiger partial charge in [-0.05, 0) is 52.0 Å². The summed E-state index contributed by atoms with van der Waals surface area (Å²) < 4.78 is 12.7. The van der Waals surface area contributed by atoms with Crippen molar-refractivity contribution in [1.82, 2.24) is 5.32 Å². The SMILES string of the molecule is CC(C)(O)C(C)(C)NC(=O)CCSc1ccc(F)cc1. The highest BCUT2D eigenvalue weighted by Crippen LogP contribution is 2.22. The van der Waals surface area contributed by atoms with Crippen molar-refractivity contribution in [3.8, 4) is 0 Å². The number of carbonyl (C=O) groups excluding carboxylic acids is 1. The Hall–Kier alpha value is -1.07. The number of benzene rings is 1. The fraction of sp³-hybridized carbons (Fsp3) is 0.533. The fourth-order valence-corrected chi connectivity index (χ4v) is 2.21. The Labute approximate surface area is 124 Å². The Morgan fingerprint density at radius 3 is 2.30 bits per heavy atom. The van der Waals surface area contributed by atoms with Crippen LogP contribution in [-0.2, 0) is 4.79 Å². The number of hydrogen-bond donors (Lipinski definition) is 2. The number of amides is 1. The van der Waals surface area contributed by atoms with Gasteiger partial charge in [-0.25, -0.2) is 4.39 Å². The van der Waals surface area contributed by atoms with Gasteiger partial charge in [-0.2, -0.15) is 0 Å². The zero-order valence-electron chi connectivity index (χ0n) is 12.4.